The standard InChI is InChI=1S/C18H25N3/c1-4-7-17-20-16(13-18(21-17)19-12-5-2)15-10-8-14(6-3)9-11-15/h8-11,13H,4-7,12H2,1-3H3,(H,19,20,21). The summed E-state index contributed by atoms with van der Waals surface area (Å²) in [6.07, 6.45) is 4.13. The molecule has 0 saturated heterocycles. The number of aromatic nitrogens is 2. The number of anilines is 1. The van der Waals surface area contributed by atoms with Gasteiger partial charge in [-0.25, -0.2) is 9.97 Å². The first kappa shape index (κ1) is 15.5. The lowest BCUT2D eigenvalue weighted by molar-refractivity contribution is 0.834. The molecule has 0 amide bonds. The number of hydrogen-bond acceptors (Lipinski definition) is 3. The lowest BCUT2D eigenvalue weighted by Gasteiger charge is -2.10. The molecule has 2 aromatic rings. The van der Waals surface area contributed by atoms with Gasteiger partial charge in [-0.15, -0.1) is 0 Å². The van der Waals surface area contributed by atoms with Gasteiger partial charge in [-0.1, -0.05) is 45.0 Å². The maximum absolute atomic E-state index is 4.71. The van der Waals surface area contributed by atoms with Gasteiger partial charge in [0, 0.05) is 24.6 Å². The van der Waals surface area contributed by atoms with Crippen molar-refractivity contribution in [3.63, 3.8) is 0 Å². The molecule has 0 spiro atoms. The van der Waals surface area contributed by atoms with Crippen LogP contribution in [0.15, 0.2) is 30.3 Å². The summed E-state index contributed by atoms with van der Waals surface area (Å²) in [6, 6.07) is 10.7. The zero-order valence-corrected chi connectivity index (χ0v) is 13.3. The van der Waals surface area contributed by atoms with Crippen molar-refractivity contribution in [1.29, 1.82) is 0 Å². The Balaban J connectivity index is 2.32. The Morgan fingerprint density at radius 1 is 0.952 bits per heavy atom. The van der Waals surface area contributed by atoms with Gasteiger partial charge in [-0.3, -0.25) is 0 Å². The molecule has 0 aliphatic carbocycles. The molecule has 3 nitrogen and oxygen atoms in total. The van der Waals surface area contributed by atoms with Crippen LogP contribution in [0.4, 0.5) is 5.82 Å². The number of hydrogen-bond donors (Lipinski definition) is 1. The smallest absolute Gasteiger partial charge is 0.131 e. The van der Waals surface area contributed by atoms with Crippen LogP contribution in [0.5, 0.6) is 0 Å². The molecule has 0 atom stereocenters. The van der Waals surface area contributed by atoms with Crippen LogP contribution < -0.4 is 5.32 Å². The van der Waals surface area contributed by atoms with E-state index in [1.165, 1.54) is 5.56 Å². The second-order valence-electron chi connectivity index (χ2n) is 5.28. The fraction of sp³-hybridized carbons (Fsp3) is 0.444. The summed E-state index contributed by atoms with van der Waals surface area (Å²) >= 11 is 0. The quantitative estimate of drug-likeness (QED) is 0.814. The average molecular weight is 283 g/mol. The van der Waals surface area contributed by atoms with Gasteiger partial charge in [0.05, 0.1) is 5.69 Å². The van der Waals surface area contributed by atoms with Gasteiger partial charge in [-0.05, 0) is 24.8 Å². The van der Waals surface area contributed by atoms with E-state index in [9.17, 15) is 0 Å². The summed E-state index contributed by atoms with van der Waals surface area (Å²) in [6.45, 7) is 7.43. The highest BCUT2D eigenvalue weighted by Crippen LogP contribution is 2.21. The molecule has 0 saturated carbocycles. The summed E-state index contributed by atoms with van der Waals surface area (Å²) < 4.78 is 0. The molecule has 0 aliphatic heterocycles. The summed E-state index contributed by atoms with van der Waals surface area (Å²) in [7, 11) is 0. The van der Waals surface area contributed by atoms with E-state index in [2.05, 4.69) is 61.4 Å². The highest BCUT2D eigenvalue weighted by molar-refractivity contribution is 5.62. The van der Waals surface area contributed by atoms with Gasteiger partial charge in [0.15, 0.2) is 0 Å². The molecule has 0 radical (unpaired) electrons. The average Bonchev–Trinajstić information content (AvgIpc) is 2.53. The Kier molecular flexibility index (Phi) is 5.73. The zero-order valence-electron chi connectivity index (χ0n) is 13.3. The molecule has 1 aromatic heterocycles. The lowest BCUT2D eigenvalue weighted by atomic mass is 10.1. The number of rotatable bonds is 7. The fourth-order valence-electron chi connectivity index (χ4n) is 2.24. The van der Waals surface area contributed by atoms with Crippen molar-refractivity contribution in [3.05, 3.63) is 41.7 Å². The van der Waals surface area contributed by atoms with Crippen molar-refractivity contribution in [2.75, 3.05) is 11.9 Å². The molecule has 3 heteroatoms. The van der Waals surface area contributed by atoms with Gasteiger partial charge in [-0.2, -0.15) is 0 Å². The third kappa shape index (κ3) is 4.28. The molecule has 21 heavy (non-hydrogen) atoms. The molecule has 1 aromatic carbocycles. The summed E-state index contributed by atoms with van der Waals surface area (Å²) in [5.74, 6) is 1.86. The molecule has 0 fully saturated rings. The summed E-state index contributed by atoms with van der Waals surface area (Å²) in [5.41, 5.74) is 3.52. The summed E-state index contributed by atoms with van der Waals surface area (Å²) in [4.78, 5) is 9.30. The van der Waals surface area contributed by atoms with Crippen LogP contribution in [0.25, 0.3) is 11.3 Å². The normalized spacial score (nSPS) is 10.6. The molecule has 112 valence electrons. The second kappa shape index (κ2) is 7.77. The Bertz CT molecular complexity index is 561. The van der Waals surface area contributed by atoms with Crippen LogP contribution in [-0.2, 0) is 12.8 Å². The van der Waals surface area contributed by atoms with E-state index >= 15 is 0 Å². The Hall–Kier alpha value is -1.90. The second-order valence-corrected chi connectivity index (χ2v) is 5.28. The van der Waals surface area contributed by atoms with Gasteiger partial charge < -0.3 is 5.32 Å². The third-order valence-corrected chi connectivity index (χ3v) is 3.46. The van der Waals surface area contributed by atoms with E-state index in [0.29, 0.717) is 0 Å². The molecule has 1 N–H and O–H groups in total. The Morgan fingerprint density at radius 2 is 1.71 bits per heavy atom. The molecular weight excluding hydrogens is 258 g/mol. The first-order valence-electron chi connectivity index (χ1n) is 7.98. The lowest BCUT2D eigenvalue weighted by Crippen LogP contribution is -2.06. The Morgan fingerprint density at radius 3 is 2.33 bits per heavy atom. The highest BCUT2D eigenvalue weighted by atomic mass is 15.0. The van der Waals surface area contributed by atoms with Crippen molar-refractivity contribution >= 4 is 5.82 Å². The van der Waals surface area contributed by atoms with E-state index in [0.717, 1.165) is 55.1 Å². The van der Waals surface area contributed by atoms with Gasteiger partial charge in [0.25, 0.3) is 0 Å². The number of benzene rings is 1. The van der Waals surface area contributed by atoms with Crippen LogP contribution in [0.2, 0.25) is 0 Å². The largest absolute Gasteiger partial charge is 0.370 e. The Labute approximate surface area is 127 Å². The van der Waals surface area contributed by atoms with Crippen LogP contribution in [0, 0.1) is 0 Å². The van der Waals surface area contributed by atoms with E-state index in [1.54, 1.807) is 0 Å². The molecule has 0 bridgehead atoms. The predicted molar refractivity (Wildman–Crippen MR) is 89.6 cm³/mol. The van der Waals surface area contributed by atoms with E-state index in [-0.39, 0.29) is 0 Å². The number of aryl methyl sites for hydroxylation is 2. The minimum absolute atomic E-state index is 0.918. The van der Waals surface area contributed by atoms with Crippen molar-refractivity contribution in [3.8, 4) is 11.3 Å². The van der Waals surface area contributed by atoms with Crippen LogP contribution in [0.3, 0.4) is 0 Å². The molecule has 1 heterocycles. The van der Waals surface area contributed by atoms with Crippen molar-refractivity contribution in [1.82, 2.24) is 9.97 Å². The minimum Gasteiger partial charge on any atom is -0.370 e. The maximum atomic E-state index is 4.71. The van der Waals surface area contributed by atoms with Crippen LogP contribution in [0.1, 0.15) is 45.0 Å². The molecular formula is C18H25N3. The minimum atomic E-state index is 0.918. The summed E-state index contributed by atoms with van der Waals surface area (Å²) in [5, 5.41) is 3.37. The molecule has 0 unspecified atom stereocenters. The number of nitrogens with zero attached hydrogens (tertiary/aromatic N) is 2. The van der Waals surface area contributed by atoms with Crippen molar-refractivity contribution in [2.24, 2.45) is 0 Å². The van der Waals surface area contributed by atoms with Gasteiger partial charge in [0.2, 0.25) is 0 Å². The van der Waals surface area contributed by atoms with Crippen molar-refractivity contribution < 1.29 is 0 Å². The highest BCUT2D eigenvalue weighted by Gasteiger charge is 2.06. The van der Waals surface area contributed by atoms with Crippen LogP contribution >= 0.6 is 0 Å². The number of nitrogens with one attached hydrogen (secondary N) is 1. The molecule has 2 rings (SSSR count). The van der Waals surface area contributed by atoms with E-state index in [1.807, 2.05) is 0 Å². The first-order chi connectivity index (χ1) is 10.3. The van der Waals surface area contributed by atoms with Crippen LogP contribution in [-0.4, -0.2) is 16.5 Å². The third-order valence-electron chi connectivity index (χ3n) is 3.46. The topological polar surface area (TPSA) is 37.8 Å². The predicted octanol–water partition coefficient (Wildman–Crippen LogP) is 4.48. The molecule has 0 aliphatic rings. The van der Waals surface area contributed by atoms with Crippen molar-refractivity contribution in [2.45, 2.75) is 46.5 Å². The maximum Gasteiger partial charge on any atom is 0.131 e. The zero-order chi connectivity index (χ0) is 15.1. The van der Waals surface area contributed by atoms with E-state index < -0.39 is 0 Å². The monoisotopic (exact) mass is 283 g/mol. The van der Waals surface area contributed by atoms with Gasteiger partial charge in [0.1, 0.15) is 11.6 Å². The van der Waals surface area contributed by atoms with Gasteiger partial charge >= 0.3 is 0 Å². The first-order valence-corrected chi connectivity index (χ1v) is 7.98. The SMILES string of the molecule is CCCNc1cc(-c2ccc(CC)cc2)nc(CCC)n1. The van der Waals surface area contributed by atoms with E-state index in [4.69, 9.17) is 4.98 Å². The fourth-order valence-corrected chi connectivity index (χ4v) is 2.24.